The van der Waals surface area contributed by atoms with Crippen molar-refractivity contribution in [2.45, 2.75) is 0 Å². The molecule has 0 spiro atoms. The smallest absolute Gasteiger partial charge is 0.257 e. The lowest BCUT2D eigenvalue weighted by molar-refractivity contribution is 0.102. The summed E-state index contributed by atoms with van der Waals surface area (Å²) in [6, 6.07) is 1.73. The summed E-state index contributed by atoms with van der Waals surface area (Å²) in [7, 11) is 0. The van der Waals surface area contributed by atoms with Gasteiger partial charge < -0.3 is 10.1 Å². The van der Waals surface area contributed by atoms with Crippen LogP contribution in [0.2, 0.25) is 0 Å². The molecule has 0 aliphatic rings. The van der Waals surface area contributed by atoms with E-state index in [1.807, 2.05) is 5.38 Å². The molecular formula is C13H9N5O2S. The van der Waals surface area contributed by atoms with Crippen LogP contribution < -0.4 is 10.1 Å². The number of carbonyl (C=O) groups excluding carboxylic acids is 1. The first-order valence-electron chi connectivity index (χ1n) is 5.90. The van der Waals surface area contributed by atoms with Crippen LogP contribution in [0, 0.1) is 0 Å². The van der Waals surface area contributed by atoms with Gasteiger partial charge in [-0.3, -0.25) is 9.78 Å². The Morgan fingerprint density at radius 2 is 2.00 bits per heavy atom. The first-order chi connectivity index (χ1) is 10.3. The van der Waals surface area contributed by atoms with E-state index in [1.165, 1.54) is 42.5 Å². The Balaban J connectivity index is 1.73. The van der Waals surface area contributed by atoms with Crippen molar-refractivity contribution < 1.29 is 9.53 Å². The summed E-state index contributed by atoms with van der Waals surface area (Å²) in [5, 5.41) is 6.24. The monoisotopic (exact) mass is 299 g/mol. The molecule has 0 fully saturated rings. The fourth-order valence-corrected chi connectivity index (χ4v) is 2.13. The molecule has 104 valence electrons. The maximum atomic E-state index is 11.9. The minimum atomic E-state index is -0.245. The second kappa shape index (κ2) is 6.06. The number of rotatable bonds is 4. The third-order valence-corrected chi connectivity index (χ3v) is 3.08. The molecule has 0 aliphatic carbocycles. The van der Waals surface area contributed by atoms with Gasteiger partial charge in [0.15, 0.2) is 11.6 Å². The summed E-state index contributed by atoms with van der Waals surface area (Å²) in [6.45, 7) is 0. The molecule has 0 aliphatic heterocycles. The van der Waals surface area contributed by atoms with Gasteiger partial charge in [0.25, 0.3) is 5.91 Å². The average molecular weight is 299 g/mol. The van der Waals surface area contributed by atoms with Gasteiger partial charge in [-0.2, -0.15) is 16.3 Å². The van der Waals surface area contributed by atoms with Crippen molar-refractivity contribution in [1.82, 2.24) is 19.9 Å². The van der Waals surface area contributed by atoms with E-state index in [9.17, 15) is 4.79 Å². The maximum Gasteiger partial charge on any atom is 0.257 e. The van der Waals surface area contributed by atoms with E-state index >= 15 is 0 Å². The molecule has 8 heteroatoms. The largest absolute Gasteiger partial charge is 0.434 e. The predicted molar refractivity (Wildman–Crippen MR) is 76.4 cm³/mol. The minimum absolute atomic E-state index is 0.243. The number of hydrogen-bond acceptors (Lipinski definition) is 7. The minimum Gasteiger partial charge on any atom is -0.434 e. The van der Waals surface area contributed by atoms with Gasteiger partial charge in [0.1, 0.15) is 6.33 Å². The standard InChI is InChI=1S/C13H9N5O2S/c19-13(9-1-2-21-7-9)18-11-5-14-6-12(17-11)20-10-3-15-8-16-4-10/h1-8H,(H,17,18,19). The molecule has 0 unspecified atom stereocenters. The number of ether oxygens (including phenoxy) is 1. The van der Waals surface area contributed by atoms with Crippen molar-refractivity contribution in [2.75, 3.05) is 5.32 Å². The molecule has 7 nitrogen and oxygen atoms in total. The summed E-state index contributed by atoms with van der Waals surface area (Å²) in [6.07, 6.45) is 7.29. The predicted octanol–water partition coefficient (Wildman–Crippen LogP) is 2.37. The second-order valence-electron chi connectivity index (χ2n) is 3.88. The van der Waals surface area contributed by atoms with Crippen LogP contribution >= 0.6 is 11.3 Å². The third kappa shape index (κ3) is 3.37. The Bertz CT molecular complexity index is 733. The lowest BCUT2D eigenvalue weighted by Crippen LogP contribution is -2.12. The topological polar surface area (TPSA) is 89.9 Å². The van der Waals surface area contributed by atoms with E-state index in [-0.39, 0.29) is 11.8 Å². The van der Waals surface area contributed by atoms with E-state index in [0.717, 1.165) is 0 Å². The van der Waals surface area contributed by atoms with Gasteiger partial charge >= 0.3 is 0 Å². The molecule has 0 saturated heterocycles. The van der Waals surface area contributed by atoms with Gasteiger partial charge in [-0.1, -0.05) is 0 Å². The highest BCUT2D eigenvalue weighted by Gasteiger charge is 2.08. The van der Waals surface area contributed by atoms with Crippen LogP contribution in [0.15, 0.2) is 47.9 Å². The summed E-state index contributed by atoms with van der Waals surface area (Å²) in [4.78, 5) is 27.7. The average Bonchev–Trinajstić information content (AvgIpc) is 3.03. The molecule has 3 rings (SSSR count). The number of amides is 1. The molecule has 0 aromatic carbocycles. The number of nitrogens with one attached hydrogen (secondary N) is 1. The van der Waals surface area contributed by atoms with Crippen LogP contribution in [0.4, 0.5) is 5.82 Å². The lowest BCUT2D eigenvalue weighted by Gasteiger charge is -2.06. The van der Waals surface area contributed by atoms with Crippen molar-refractivity contribution in [2.24, 2.45) is 0 Å². The molecule has 3 aromatic rings. The van der Waals surface area contributed by atoms with Gasteiger partial charge in [-0.05, 0) is 11.4 Å². The summed E-state index contributed by atoms with van der Waals surface area (Å²) >= 11 is 1.45. The van der Waals surface area contributed by atoms with Gasteiger partial charge in [-0.25, -0.2) is 9.97 Å². The highest BCUT2D eigenvalue weighted by atomic mass is 32.1. The Hall–Kier alpha value is -2.87. The van der Waals surface area contributed by atoms with Crippen LogP contribution in [0.1, 0.15) is 10.4 Å². The zero-order chi connectivity index (χ0) is 14.5. The van der Waals surface area contributed by atoms with E-state index in [2.05, 4.69) is 25.3 Å². The van der Waals surface area contributed by atoms with Crippen LogP contribution in [-0.4, -0.2) is 25.8 Å². The molecule has 3 heterocycles. The molecule has 0 bridgehead atoms. The zero-order valence-corrected chi connectivity index (χ0v) is 11.4. The van der Waals surface area contributed by atoms with Crippen LogP contribution in [0.5, 0.6) is 11.6 Å². The maximum absolute atomic E-state index is 11.9. The Morgan fingerprint density at radius 3 is 2.76 bits per heavy atom. The first kappa shape index (κ1) is 13.1. The number of thiophene rings is 1. The molecule has 0 saturated carbocycles. The Morgan fingerprint density at radius 1 is 1.14 bits per heavy atom. The fourth-order valence-electron chi connectivity index (χ4n) is 1.50. The summed E-state index contributed by atoms with van der Waals surface area (Å²) < 4.78 is 5.44. The number of anilines is 1. The van der Waals surface area contributed by atoms with Crippen molar-refractivity contribution in [3.8, 4) is 11.6 Å². The van der Waals surface area contributed by atoms with E-state index < -0.39 is 0 Å². The quantitative estimate of drug-likeness (QED) is 0.795. The summed E-state index contributed by atoms with van der Waals surface area (Å²) in [5.74, 6) is 0.743. The Kier molecular flexibility index (Phi) is 3.79. The van der Waals surface area contributed by atoms with Gasteiger partial charge in [0, 0.05) is 5.38 Å². The second-order valence-corrected chi connectivity index (χ2v) is 4.66. The van der Waals surface area contributed by atoms with Crippen molar-refractivity contribution in [3.63, 3.8) is 0 Å². The van der Waals surface area contributed by atoms with E-state index in [0.29, 0.717) is 17.1 Å². The molecule has 0 atom stereocenters. The first-order valence-corrected chi connectivity index (χ1v) is 6.84. The highest BCUT2D eigenvalue weighted by molar-refractivity contribution is 7.08. The van der Waals surface area contributed by atoms with Crippen molar-refractivity contribution in [1.29, 1.82) is 0 Å². The van der Waals surface area contributed by atoms with E-state index in [4.69, 9.17) is 4.74 Å². The number of carbonyl (C=O) groups is 1. The zero-order valence-electron chi connectivity index (χ0n) is 10.6. The number of aromatic nitrogens is 4. The molecular weight excluding hydrogens is 290 g/mol. The molecule has 1 N–H and O–H groups in total. The molecule has 0 radical (unpaired) electrons. The normalized spacial score (nSPS) is 10.1. The molecule has 3 aromatic heterocycles. The number of nitrogens with zero attached hydrogens (tertiary/aromatic N) is 4. The van der Waals surface area contributed by atoms with Crippen LogP contribution in [0.25, 0.3) is 0 Å². The van der Waals surface area contributed by atoms with E-state index in [1.54, 1.807) is 11.4 Å². The van der Waals surface area contributed by atoms with Crippen LogP contribution in [-0.2, 0) is 0 Å². The molecule has 1 amide bonds. The highest BCUT2D eigenvalue weighted by Crippen LogP contribution is 2.18. The summed E-state index contributed by atoms with van der Waals surface area (Å²) in [5.41, 5.74) is 0.574. The Labute approximate surface area is 123 Å². The molecule has 21 heavy (non-hydrogen) atoms. The van der Waals surface area contributed by atoms with Gasteiger partial charge in [0.05, 0.1) is 30.4 Å². The fraction of sp³-hybridized carbons (Fsp3) is 0. The third-order valence-electron chi connectivity index (χ3n) is 2.40. The SMILES string of the molecule is O=C(Nc1cncc(Oc2cncnc2)n1)c1ccsc1. The lowest BCUT2D eigenvalue weighted by atomic mass is 10.3. The van der Waals surface area contributed by atoms with Gasteiger partial charge in [-0.15, -0.1) is 0 Å². The van der Waals surface area contributed by atoms with Crippen molar-refractivity contribution >= 4 is 23.1 Å². The van der Waals surface area contributed by atoms with Gasteiger partial charge in [0.2, 0.25) is 5.88 Å². The van der Waals surface area contributed by atoms with Crippen LogP contribution in [0.3, 0.4) is 0 Å². The van der Waals surface area contributed by atoms with Crippen molar-refractivity contribution in [3.05, 3.63) is 53.5 Å². The number of hydrogen-bond donors (Lipinski definition) is 1.